The van der Waals surface area contributed by atoms with Gasteiger partial charge in [0.25, 0.3) is 5.91 Å². The molecule has 1 heterocycles. The first-order valence-electron chi connectivity index (χ1n) is 10.5. The quantitative estimate of drug-likeness (QED) is 0.802. The fourth-order valence-electron chi connectivity index (χ4n) is 5.66. The predicted octanol–water partition coefficient (Wildman–Crippen LogP) is 3.90. The maximum Gasteiger partial charge on any atom is 0.255 e. The van der Waals surface area contributed by atoms with E-state index in [1.165, 1.54) is 38.5 Å². The Bertz CT molecular complexity index is 662. The normalized spacial score (nSPS) is 29.6. The van der Waals surface area contributed by atoms with Gasteiger partial charge in [0, 0.05) is 31.2 Å². The molecule has 1 amide bonds. The van der Waals surface area contributed by atoms with E-state index in [1.54, 1.807) is 26.4 Å². The van der Waals surface area contributed by atoms with Crippen molar-refractivity contribution in [1.82, 2.24) is 10.2 Å². The molecule has 6 heteroatoms. The van der Waals surface area contributed by atoms with E-state index in [9.17, 15) is 4.79 Å². The number of rotatable bonds is 5. The molecule has 2 bridgehead atoms. The summed E-state index contributed by atoms with van der Waals surface area (Å²) >= 11 is 0. The van der Waals surface area contributed by atoms with Crippen molar-refractivity contribution >= 4 is 18.3 Å². The van der Waals surface area contributed by atoms with Crippen LogP contribution in [-0.4, -0.2) is 50.2 Å². The smallest absolute Gasteiger partial charge is 0.255 e. The fraction of sp³-hybridized carbons (Fsp3) is 0.682. The molecule has 0 radical (unpaired) electrons. The molecule has 1 N–H and O–H groups in total. The molecule has 1 atom stereocenters. The van der Waals surface area contributed by atoms with E-state index in [2.05, 4.69) is 10.2 Å². The summed E-state index contributed by atoms with van der Waals surface area (Å²) in [4.78, 5) is 15.5. The van der Waals surface area contributed by atoms with E-state index in [0.29, 0.717) is 17.1 Å². The van der Waals surface area contributed by atoms with Crippen LogP contribution in [0.1, 0.15) is 55.3 Å². The second-order valence-corrected chi connectivity index (χ2v) is 8.39. The molecule has 4 rings (SSSR count). The molecule has 1 aliphatic heterocycles. The Kier molecular flexibility index (Phi) is 7.10. The van der Waals surface area contributed by atoms with Gasteiger partial charge in [0.2, 0.25) is 0 Å². The zero-order valence-corrected chi connectivity index (χ0v) is 17.8. The first-order chi connectivity index (χ1) is 13.2. The lowest BCUT2D eigenvalue weighted by molar-refractivity contribution is 0.0346. The number of amides is 1. The molecular formula is C22H33ClN2O3. The largest absolute Gasteiger partial charge is 0.497 e. The minimum atomic E-state index is -0.0507. The molecule has 3 aliphatic rings. The molecule has 1 aromatic rings. The van der Waals surface area contributed by atoms with Gasteiger partial charge in [-0.1, -0.05) is 12.8 Å². The number of fused-ring (bicyclic) bond motifs is 2. The van der Waals surface area contributed by atoms with Gasteiger partial charge >= 0.3 is 0 Å². The molecule has 2 aliphatic carbocycles. The van der Waals surface area contributed by atoms with Crippen LogP contribution in [0.3, 0.4) is 0 Å². The summed E-state index contributed by atoms with van der Waals surface area (Å²) in [5.74, 6) is 2.97. The Morgan fingerprint density at radius 3 is 2.32 bits per heavy atom. The zero-order chi connectivity index (χ0) is 18.8. The van der Waals surface area contributed by atoms with E-state index in [0.717, 1.165) is 37.4 Å². The van der Waals surface area contributed by atoms with Gasteiger partial charge in [0.1, 0.15) is 11.5 Å². The van der Waals surface area contributed by atoms with Crippen LogP contribution in [0, 0.1) is 11.8 Å². The number of nitrogens with one attached hydrogen (secondary N) is 1. The highest BCUT2D eigenvalue weighted by molar-refractivity contribution is 5.97. The van der Waals surface area contributed by atoms with Crippen molar-refractivity contribution in [2.24, 2.45) is 11.8 Å². The maximum absolute atomic E-state index is 12.8. The van der Waals surface area contributed by atoms with Crippen molar-refractivity contribution in [2.75, 3.05) is 27.3 Å². The highest BCUT2D eigenvalue weighted by Crippen LogP contribution is 2.43. The number of carbonyl (C=O) groups is 1. The van der Waals surface area contributed by atoms with Crippen LogP contribution < -0.4 is 14.8 Å². The van der Waals surface area contributed by atoms with Gasteiger partial charge in [-0.3, -0.25) is 9.69 Å². The topological polar surface area (TPSA) is 50.8 Å². The van der Waals surface area contributed by atoms with Crippen LogP contribution in [-0.2, 0) is 0 Å². The summed E-state index contributed by atoms with van der Waals surface area (Å²) in [6.45, 7) is 2.10. The molecule has 0 unspecified atom stereocenters. The minimum absolute atomic E-state index is 0. The van der Waals surface area contributed by atoms with E-state index in [-0.39, 0.29) is 24.4 Å². The van der Waals surface area contributed by atoms with Crippen molar-refractivity contribution < 1.29 is 14.3 Å². The fourth-order valence-corrected chi connectivity index (χ4v) is 5.66. The Morgan fingerprint density at radius 1 is 1.04 bits per heavy atom. The third-order valence-electron chi connectivity index (χ3n) is 6.90. The van der Waals surface area contributed by atoms with Gasteiger partial charge in [-0.2, -0.15) is 0 Å². The van der Waals surface area contributed by atoms with Crippen molar-refractivity contribution in [3.8, 4) is 11.5 Å². The maximum atomic E-state index is 12.8. The molecular weight excluding hydrogens is 376 g/mol. The first kappa shape index (κ1) is 21.3. The molecule has 3 fully saturated rings. The molecule has 1 aromatic carbocycles. The van der Waals surface area contributed by atoms with Crippen molar-refractivity contribution in [3.63, 3.8) is 0 Å². The third kappa shape index (κ3) is 4.25. The van der Waals surface area contributed by atoms with Gasteiger partial charge < -0.3 is 14.8 Å². The number of hydrogen-bond acceptors (Lipinski definition) is 4. The van der Waals surface area contributed by atoms with E-state index >= 15 is 0 Å². The lowest BCUT2D eigenvalue weighted by Gasteiger charge is -2.47. The highest BCUT2D eigenvalue weighted by Gasteiger charge is 2.42. The lowest BCUT2D eigenvalue weighted by atomic mass is 9.68. The minimum Gasteiger partial charge on any atom is -0.497 e. The zero-order valence-electron chi connectivity index (χ0n) is 17.0. The van der Waals surface area contributed by atoms with Gasteiger partial charge in [-0.15, -0.1) is 12.4 Å². The van der Waals surface area contributed by atoms with Crippen molar-refractivity contribution in [2.45, 2.75) is 57.0 Å². The van der Waals surface area contributed by atoms with E-state index in [4.69, 9.17) is 9.47 Å². The van der Waals surface area contributed by atoms with Gasteiger partial charge in [-0.05, 0) is 56.1 Å². The third-order valence-corrected chi connectivity index (χ3v) is 6.90. The number of likely N-dealkylation sites (tertiary alicyclic amines) is 1. The summed E-state index contributed by atoms with van der Waals surface area (Å²) in [6.07, 6.45) is 9.47. The number of carbonyl (C=O) groups excluding carboxylic acids is 1. The van der Waals surface area contributed by atoms with E-state index in [1.807, 2.05) is 6.07 Å². The van der Waals surface area contributed by atoms with Gasteiger partial charge in [0.05, 0.1) is 19.8 Å². The monoisotopic (exact) mass is 408 g/mol. The second-order valence-electron chi connectivity index (χ2n) is 8.39. The second kappa shape index (κ2) is 9.36. The van der Waals surface area contributed by atoms with Crippen LogP contribution >= 0.6 is 12.4 Å². The standard InChI is InChI=1S/C22H32N2O3.ClH/c1-26-18-9-10-19(20(13-18)27-2)22(25)23-17-11-12-24(14-17)21-15-5-3-6-16(21)8-4-7-15;/h9-10,13,15-17,21H,3-8,11-12,14H2,1-2H3,(H,23,25);1H/t15?,16?,17-,21?;/m0./s1. The number of ether oxygens (including phenoxy) is 2. The number of methoxy groups -OCH3 is 2. The van der Waals surface area contributed by atoms with Crippen molar-refractivity contribution in [1.29, 1.82) is 0 Å². The number of nitrogens with zero attached hydrogens (tertiary/aromatic N) is 1. The highest BCUT2D eigenvalue weighted by atomic mass is 35.5. The molecule has 0 spiro atoms. The van der Waals surface area contributed by atoms with Crippen LogP contribution in [0.15, 0.2) is 18.2 Å². The summed E-state index contributed by atoms with van der Waals surface area (Å²) < 4.78 is 10.6. The number of halogens is 1. The Morgan fingerprint density at radius 2 is 1.71 bits per heavy atom. The van der Waals surface area contributed by atoms with Crippen LogP contribution in [0.2, 0.25) is 0 Å². The molecule has 156 valence electrons. The summed E-state index contributed by atoms with van der Waals surface area (Å²) in [7, 11) is 3.20. The summed E-state index contributed by atoms with van der Waals surface area (Å²) in [5, 5.41) is 3.24. The van der Waals surface area contributed by atoms with Gasteiger partial charge in [0.15, 0.2) is 0 Å². The predicted molar refractivity (Wildman–Crippen MR) is 113 cm³/mol. The molecule has 5 nitrogen and oxygen atoms in total. The summed E-state index contributed by atoms with van der Waals surface area (Å²) in [6, 6.07) is 6.34. The Labute approximate surface area is 174 Å². The number of hydrogen-bond donors (Lipinski definition) is 1. The van der Waals surface area contributed by atoms with E-state index < -0.39 is 0 Å². The lowest BCUT2D eigenvalue weighted by Crippen LogP contribution is -2.50. The molecule has 0 aromatic heterocycles. The molecule has 2 saturated carbocycles. The average Bonchev–Trinajstić information content (AvgIpc) is 3.14. The molecule has 28 heavy (non-hydrogen) atoms. The summed E-state index contributed by atoms with van der Waals surface area (Å²) in [5.41, 5.74) is 0.575. The first-order valence-corrected chi connectivity index (χ1v) is 10.5. The molecule has 1 saturated heterocycles. The van der Waals surface area contributed by atoms with Gasteiger partial charge in [-0.25, -0.2) is 0 Å². The van der Waals surface area contributed by atoms with Crippen LogP contribution in [0.4, 0.5) is 0 Å². The average molecular weight is 409 g/mol. The van der Waals surface area contributed by atoms with Crippen molar-refractivity contribution in [3.05, 3.63) is 23.8 Å². The van der Waals surface area contributed by atoms with Crippen LogP contribution in [0.25, 0.3) is 0 Å². The SMILES string of the molecule is COc1ccc(C(=O)N[C@H]2CCN(C3C4CCCC3CCC4)C2)c(OC)c1.Cl. The Hall–Kier alpha value is -1.46. The number of benzene rings is 1. The van der Waals surface area contributed by atoms with Crippen LogP contribution in [0.5, 0.6) is 11.5 Å². The Balaban J connectivity index is 0.00000225.